The highest BCUT2D eigenvalue weighted by molar-refractivity contribution is 6.32. The van der Waals surface area contributed by atoms with E-state index in [1.54, 1.807) is 0 Å². The molecule has 0 atom stereocenters. The molecule has 2 heterocycles. The number of ether oxygens (including phenoxy) is 1. The van der Waals surface area contributed by atoms with Crippen LogP contribution in [0.2, 0.25) is 5.02 Å². The molecule has 0 radical (unpaired) electrons. The lowest BCUT2D eigenvalue weighted by molar-refractivity contribution is 0.0593. The van der Waals surface area contributed by atoms with Gasteiger partial charge in [0, 0.05) is 38.1 Å². The molecule has 2 aromatic rings. The number of piperazine rings is 1. The molecule has 1 aromatic carbocycles. The fourth-order valence-corrected chi connectivity index (χ4v) is 3.32. The van der Waals surface area contributed by atoms with Gasteiger partial charge in [-0.05, 0) is 25.2 Å². The van der Waals surface area contributed by atoms with Gasteiger partial charge in [0.1, 0.15) is 6.07 Å². The van der Waals surface area contributed by atoms with Crippen molar-refractivity contribution in [3.63, 3.8) is 0 Å². The van der Waals surface area contributed by atoms with E-state index < -0.39 is 5.97 Å². The lowest BCUT2D eigenvalue weighted by Crippen LogP contribution is -2.44. The molecule has 136 valence electrons. The van der Waals surface area contributed by atoms with Crippen molar-refractivity contribution in [3.8, 4) is 11.8 Å². The number of halogens is 1. The Morgan fingerprint density at radius 3 is 2.58 bits per heavy atom. The number of methoxy groups -OCH3 is 1. The monoisotopic (exact) mass is 373 g/mol. The number of carbonyl (C=O) groups is 1. The van der Waals surface area contributed by atoms with Crippen LogP contribution in [-0.4, -0.2) is 55.8 Å². The van der Waals surface area contributed by atoms with Gasteiger partial charge in [0.05, 0.1) is 29.1 Å². The molecule has 1 aliphatic heterocycles. The first kappa shape index (κ1) is 18.1. The zero-order valence-corrected chi connectivity index (χ0v) is 15.5. The first-order chi connectivity index (χ1) is 12.5. The number of likely N-dealkylation sites (N-methyl/N-ethyl adjacent to an activating group) is 1. The number of aromatic nitrogens is 1. The van der Waals surface area contributed by atoms with Crippen molar-refractivity contribution in [1.82, 2.24) is 9.47 Å². The van der Waals surface area contributed by atoms with Gasteiger partial charge in [0.2, 0.25) is 0 Å². The molecule has 0 amide bonds. The number of nitrogens with zero attached hydrogens (tertiary/aromatic N) is 4. The summed E-state index contributed by atoms with van der Waals surface area (Å²) in [6.45, 7) is 3.83. The average Bonchev–Trinajstić information content (AvgIpc) is 2.97. The highest BCUT2D eigenvalue weighted by Crippen LogP contribution is 2.31. The average molecular weight is 374 g/mol. The maximum Gasteiger partial charge on any atom is 0.357 e. The fourth-order valence-electron chi connectivity index (χ4n) is 3.06. The molecule has 1 aromatic heterocycles. The number of hydrogen-bond acceptors (Lipinski definition) is 6. The minimum atomic E-state index is -0.622. The highest BCUT2D eigenvalue weighted by atomic mass is 35.5. The number of carbonyl (C=O) groups excluding carboxylic acids is 1. The third-order valence-corrected chi connectivity index (χ3v) is 4.91. The summed E-state index contributed by atoms with van der Waals surface area (Å²) in [6.07, 6.45) is 1.50. The molecule has 8 heteroatoms. The quantitative estimate of drug-likeness (QED) is 0.829. The molecule has 2 N–H and O–H groups in total. The molecule has 0 spiro atoms. The van der Waals surface area contributed by atoms with Gasteiger partial charge < -0.3 is 24.8 Å². The largest absolute Gasteiger partial charge is 0.464 e. The van der Waals surface area contributed by atoms with E-state index in [-0.39, 0.29) is 16.9 Å². The van der Waals surface area contributed by atoms with Crippen LogP contribution in [0.15, 0.2) is 24.4 Å². The molecule has 0 bridgehead atoms. The number of benzene rings is 1. The van der Waals surface area contributed by atoms with Gasteiger partial charge in [0.25, 0.3) is 0 Å². The van der Waals surface area contributed by atoms with E-state index in [1.807, 2.05) is 24.3 Å². The second-order valence-corrected chi connectivity index (χ2v) is 6.61. The Bertz CT molecular complexity index is 878. The predicted octanol–water partition coefficient (Wildman–Crippen LogP) is 2.12. The van der Waals surface area contributed by atoms with Crippen molar-refractivity contribution in [1.29, 1.82) is 5.26 Å². The second-order valence-electron chi connectivity index (χ2n) is 6.20. The number of esters is 1. The van der Waals surface area contributed by atoms with Gasteiger partial charge in [-0.2, -0.15) is 5.26 Å². The molecular weight excluding hydrogens is 354 g/mol. The number of hydrogen-bond donors (Lipinski definition) is 1. The maximum atomic E-state index is 12.1. The van der Waals surface area contributed by atoms with Gasteiger partial charge in [0.15, 0.2) is 5.69 Å². The van der Waals surface area contributed by atoms with E-state index in [4.69, 9.17) is 22.1 Å². The molecule has 1 aliphatic rings. The molecular formula is C18H20ClN5O2. The maximum absolute atomic E-state index is 12.1. The van der Waals surface area contributed by atoms with Crippen LogP contribution in [0, 0.1) is 11.3 Å². The fraction of sp³-hybridized carbons (Fsp3) is 0.333. The van der Waals surface area contributed by atoms with Crippen molar-refractivity contribution >= 4 is 28.9 Å². The lowest BCUT2D eigenvalue weighted by atomic mass is 10.2. The van der Waals surface area contributed by atoms with Crippen molar-refractivity contribution in [2.24, 2.45) is 0 Å². The highest BCUT2D eigenvalue weighted by Gasteiger charge is 2.23. The third kappa shape index (κ3) is 3.21. The van der Waals surface area contributed by atoms with Gasteiger partial charge in [-0.25, -0.2) is 4.79 Å². The zero-order valence-electron chi connectivity index (χ0n) is 14.7. The smallest absolute Gasteiger partial charge is 0.357 e. The Labute approximate surface area is 157 Å². The topological polar surface area (TPSA) is 87.5 Å². The summed E-state index contributed by atoms with van der Waals surface area (Å²) in [5.74, 6) is -0.622. The van der Waals surface area contributed by atoms with E-state index in [2.05, 4.69) is 16.8 Å². The summed E-state index contributed by atoms with van der Waals surface area (Å²) >= 11 is 6.50. The van der Waals surface area contributed by atoms with Gasteiger partial charge >= 0.3 is 5.97 Å². The molecule has 0 aliphatic carbocycles. The van der Waals surface area contributed by atoms with Crippen LogP contribution in [0.4, 0.5) is 11.4 Å². The van der Waals surface area contributed by atoms with Gasteiger partial charge in [-0.1, -0.05) is 11.6 Å². The first-order valence-corrected chi connectivity index (χ1v) is 8.56. The second kappa shape index (κ2) is 7.28. The van der Waals surface area contributed by atoms with E-state index in [0.717, 1.165) is 31.9 Å². The molecule has 1 saturated heterocycles. The summed E-state index contributed by atoms with van der Waals surface area (Å²) in [6, 6.07) is 7.63. The summed E-state index contributed by atoms with van der Waals surface area (Å²) in [4.78, 5) is 16.7. The van der Waals surface area contributed by atoms with E-state index in [0.29, 0.717) is 10.7 Å². The molecule has 26 heavy (non-hydrogen) atoms. The Balaban J connectivity index is 2.00. The number of nitrogen functional groups attached to an aromatic ring is 1. The number of rotatable bonds is 3. The summed E-state index contributed by atoms with van der Waals surface area (Å²) in [5.41, 5.74) is 7.90. The van der Waals surface area contributed by atoms with Crippen LogP contribution in [-0.2, 0) is 4.74 Å². The number of nitriles is 1. The van der Waals surface area contributed by atoms with E-state index in [9.17, 15) is 10.1 Å². The van der Waals surface area contributed by atoms with Crippen molar-refractivity contribution < 1.29 is 9.53 Å². The summed E-state index contributed by atoms with van der Waals surface area (Å²) < 4.78 is 6.31. The van der Waals surface area contributed by atoms with Crippen LogP contribution < -0.4 is 10.6 Å². The summed E-state index contributed by atoms with van der Waals surface area (Å²) in [7, 11) is 3.37. The normalized spacial score (nSPS) is 14.9. The van der Waals surface area contributed by atoms with Crippen LogP contribution in [0.3, 0.4) is 0 Å². The van der Waals surface area contributed by atoms with Gasteiger partial charge in [-0.3, -0.25) is 0 Å². The van der Waals surface area contributed by atoms with Gasteiger partial charge in [-0.15, -0.1) is 0 Å². The Morgan fingerprint density at radius 2 is 2.00 bits per heavy atom. The Morgan fingerprint density at radius 1 is 1.31 bits per heavy atom. The van der Waals surface area contributed by atoms with E-state index in [1.165, 1.54) is 17.9 Å². The third-order valence-electron chi connectivity index (χ3n) is 4.60. The van der Waals surface area contributed by atoms with Crippen LogP contribution in [0.1, 0.15) is 16.1 Å². The molecule has 1 fully saturated rings. The van der Waals surface area contributed by atoms with Crippen LogP contribution in [0.5, 0.6) is 0 Å². The Kier molecular flexibility index (Phi) is 5.07. The van der Waals surface area contributed by atoms with Crippen molar-refractivity contribution in [2.75, 3.05) is 51.0 Å². The number of anilines is 2. The zero-order chi connectivity index (χ0) is 18.8. The SMILES string of the molecule is COC(=O)c1c(N)c(C#N)cn1-c1ccc(N2CCN(C)CC2)cc1Cl. The predicted molar refractivity (Wildman–Crippen MR) is 101 cm³/mol. The standard InChI is InChI=1S/C18H20ClN5O2/c1-22-5-7-23(8-6-22)13-3-4-15(14(19)9-13)24-11-12(10-20)16(21)17(24)18(25)26-2/h3-4,9,11H,5-8,21H2,1-2H3. The van der Waals surface area contributed by atoms with Crippen molar-refractivity contribution in [2.45, 2.75) is 0 Å². The lowest BCUT2D eigenvalue weighted by Gasteiger charge is -2.34. The molecule has 7 nitrogen and oxygen atoms in total. The minimum Gasteiger partial charge on any atom is -0.464 e. The van der Waals surface area contributed by atoms with E-state index >= 15 is 0 Å². The number of nitrogens with two attached hydrogens (primary N) is 1. The Hall–Kier alpha value is -2.69. The molecule has 0 unspecified atom stereocenters. The van der Waals surface area contributed by atoms with Crippen molar-refractivity contribution in [3.05, 3.63) is 40.7 Å². The minimum absolute atomic E-state index is 0.0820. The molecule has 3 rings (SSSR count). The first-order valence-electron chi connectivity index (χ1n) is 8.19. The summed E-state index contributed by atoms with van der Waals surface area (Å²) in [5, 5.41) is 9.69. The van der Waals surface area contributed by atoms with Crippen LogP contribution in [0.25, 0.3) is 5.69 Å². The molecule has 0 saturated carbocycles. The van der Waals surface area contributed by atoms with Crippen LogP contribution >= 0.6 is 11.6 Å².